The molecule has 0 spiro atoms. The van der Waals surface area contributed by atoms with Gasteiger partial charge in [-0.15, -0.1) is 0 Å². The maximum atomic E-state index is 13.0. The molecule has 4 heteroatoms. The molecule has 0 amide bonds. The van der Waals surface area contributed by atoms with Crippen LogP contribution in [0.25, 0.3) is 0 Å². The third-order valence-electron chi connectivity index (χ3n) is 1.50. The van der Waals surface area contributed by atoms with Gasteiger partial charge in [-0.2, -0.15) is 5.11 Å². The van der Waals surface area contributed by atoms with E-state index in [1.807, 2.05) is 0 Å². The molecule has 0 saturated carbocycles. The molecule has 0 fully saturated rings. The first kappa shape index (κ1) is 8.64. The van der Waals surface area contributed by atoms with Gasteiger partial charge in [-0.25, -0.2) is 9.92 Å². The quantitative estimate of drug-likeness (QED) is 0.678. The Kier molecular flexibility index (Phi) is 2.38. The summed E-state index contributed by atoms with van der Waals surface area (Å²) in [5, 5.41) is 3.03. The van der Waals surface area contributed by atoms with Crippen LogP contribution in [0.5, 0.6) is 5.75 Å². The maximum Gasteiger partial charge on any atom is 0.162 e. The normalized spacial score (nSPS) is 9.58. The van der Waals surface area contributed by atoms with Crippen LogP contribution in [0.1, 0.15) is 5.56 Å². The predicted octanol–water partition coefficient (Wildman–Crippen LogP) is 2.81. The fourth-order valence-corrected chi connectivity index (χ4v) is 0.967. The van der Waals surface area contributed by atoms with Crippen LogP contribution >= 0.6 is 0 Å². The zero-order valence-electron chi connectivity index (χ0n) is 6.89. The minimum atomic E-state index is -0.526. The smallest absolute Gasteiger partial charge is 0.162 e. The van der Waals surface area contributed by atoms with Crippen LogP contribution in [0, 0.1) is 18.3 Å². The lowest BCUT2D eigenvalue weighted by Crippen LogP contribution is -1.87. The van der Waals surface area contributed by atoms with Crippen LogP contribution in [-0.4, -0.2) is 7.11 Å². The second-order valence-corrected chi connectivity index (χ2v) is 2.41. The number of hydrogen-bond acceptors (Lipinski definition) is 3. The molecule has 0 aliphatic rings. The van der Waals surface area contributed by atoms with Gasteiger partial charge < -0.3 is 4.74 Å². The van der Waals surface area contributed by atoms with Crippen LogP contribution in [0.4, 0.5) is 10.1 Å². The Balaban J connectivity index is 3.33. The van der Waals surface area contributed by atoms with E-state index in [1.165, 1.54) is 13.2 Å². The standard InChI is InChI=1S/C8H9FN2O/c1-5-3-6(9)8(11-10)7(4-5)12-2/h3-4,10H,1-2H3. The van der Waals surface area contributed by atoms with E-state index in [-0.39, 0.29) is 5.69 Å². The summed E-state index contributed by atoms with van der Waals surface area (Å²) < 4.78 is 17.8. The monoisotopic (exact) mass is 168 g/mol. The Hall–Kier alpha value is -1.45. The molecule has 0 bridgehead atoms. The summed E-state index contributed by atoms with van der Waals surface area (Å²) in [5.41, 5.74) is 7.40. The van der Waals surface area contributed by atoms with Gasteiger partial charge in [-0.1, -0.05) is 0 Å². The first-order valence-corrected chi connectivity index (χ1v) is 3.40. The highest BCUT2D eigenvalue weighted by Gasteiger charge is 2.08. The summed E-state index contributed by atoms with van der Waals surface area (Å²) in [6.45, 7) is 1.75. The first-order valence-electron chi connectivity index (χ1n) is 3.40. The number of benzene rings is 1. The molecule has 0 aliphatic heterocycles. The SMILES string of the molecule is COc1cc(C)cc(F)c1N=N. The molecule has 0 heterocycles. The Morgan fingerprint density at radius 2 is 2.17 bits per heavy atom. The van der Waals surface area contributed by atoms with Crippen molar-refractivity contribution >= 4 is 5.69 Å². The molecule has 0 saturated heterocycles. The van der Waals surface area contributed by atoms with Crippen molar-refractivity contribution in [2.45, 2.75) is 6.92 Å². The van der Waals surface area contributed by atoms with Crippen LogP contribution in [-0.2, 0) is 0 Å². The molecule has 12 heavy (non-hydrogen) atoms. The van der Waals surface area contributed by atoms with Gasteiger partial charge in [0.05, 0.1) is 7.11 Å². The number of ether oxygens (including phenoxy) is 1. The van der Waals surface area contributed by atoms with E-state index in [9.17, 15) is 4.39 Å². The molecule has 0 atom stereocenters. The van der Waals surface area contributed by atoms with Crippen molar-refractivity contribution in [1.29, 1.82) is 5.53 Å². The van der Waals surface area contributed by atoms with E-state index in [0.29, 0.717) is 5.75 Å². The van der Waals surface area contributed by atoms with Gasteiger partial charge in [0, 0.05) is 0 Å². The molecule has 0 aliphatic carbocycles. The van der Waals surface area contributed by atoms with Gasteiger partial charge in [0.1, 0.15) is 5.75 Å². The lowest BCUT2D eigenvalue weighted by atomic mass is 10.2. The summed E-state index contributed by atoms with van der Waals surface area (Å²) in [6.07, 6.45) is 0. The van der Waals surface area contributed by atoms with Crippen molar-refractivity contribution in [1.82, 2.24) is 0 Å². The lowest BCUT2D eigenvalue weighted by Gasteiger charge is -2.04. The highest BCUT2D eigenvalue weighted by molar-refractivity contribution is 5.53. The largest absolute Gasteiger partial charge is 0.494 e. The van der Waals surface area contributed by atoms with Crippen molar-refractivity contribution in [2.24, 2.45) is 5.11 Å². The van der Waals surface area contributed by atoms with Gasteiger partial charge in [-0.3, -0.25) is 0 Å². The topological polar surface area (TPSA) is 45.4 Å². The number of hydrogen-bond donors (Lipinski definition) is 1. The first-order chi connectivity index (χ1) is 5.69. The number of aryl methyl sites for hydroxylation is 1. The van der Waals surface area contributed by atoms with Gasteiger partial charge in [-0.05, 0) is 24.6 Å². The predicted molar refractivity (Wildman–Crippen MR) is 42.5 cm³/mol. The molecule has 1 rings (SSSR count). The maximum absolute atomic E-state index is 13.0. The van der Waals surface area contributed by atoms with Gasteiger partial charge >= 0.3 is 0 Å². The number of nitrogens with zero attached hydrogens (tertiary/aromatic N) is 1. The molecule has 0 aromatic heterocycles. The van der Waals surface area contributed by atoms with Crippen LogP contribution in [0.3, 0.4) is 0 Å². The Morgan fingerprint density at radius 1 is 1.50 bits per heavy atom. The highest BCUT2D eigenvalue weighted by atomic mass is 19.1. The molecular formula is C8H9FN2O. The van der Waals surface area contributed by atoms with Crippen LogP contribution in [0.2, 0.25) is 0 Å². The van der Waals surface area contributed by atoms with Gasteiger partial charge in [0.15, 0.2) is 11.5 Å². The van der Waals surface area contributed by atoms with E-state index in [2.05, 4.69) is 5.11 Å². The second kappa shape index (κ2) is 3.30. The Morgan fingerprint density at radius 3 is 2.67 bits per heavy atom. The Bertz CT molecular complexity index is 312. The summed E-state index contributed by atoms with van der Waals surface area (Å²) in [7, 11) is 1.42. The van der Waals surface area contributed by atoms with Crippen molar-refractivity contribution in [3.63, 3.8) is 0 Å². The third kappa shape index (κ3) is 1.42. The van der Waals surface area contributed by atoms with Crippen LogP contribution in [0.15, 0.2) is 17.2 Å². The fourth-order valence-electron chi connectivity index (χ4n) is 0.967. The number of methoxy groups -OCH3 is 1. The minimum absolute atomic E-state index is 0.0527. The zero-order chi connectivity index (χ0) is 9.14. The minimum Gasteiger partial charge on any atom is -0.494 e. The Labute approximate surface area is 69.7 Å². The van der Waals surface area contributed by atoms with E-state index in [4.69, 9.17) is 10.3 Å². The van der Waals surface area contributed by atoms with Crippen LogP contribution < -0.4 is 4.74 Å². The zero-order valence-corrected chi connectivity index (χ0v) is 6.89. The van der Waals surface area contributed by atoms with E-state index in [0.717, 1.165) is 5.56 Å². The number of nitrogens with one attached hydrogen (secondary N) is 1. The van der Waals surface area contributed by atoms with E-state index >= 15 is 0 Å². The summed E-state index contributed by atoms with van der Waals surface area (Å²) in [4.78, 5) is 0. The average molecular weight is 168 g/mol. The van der Waals surface area contributed by atoms with Crippen molar-refractivity contribution in [3.8, 4) is 5.75 Å². The summed E-state index contributed by atoms with van der Waals surface area (Å²) >= 11 is 0. The molecule has 1 aromatic rings. The van der Waals surface area contributed by atoms with Gasteiger partial charge in [0.2, 0.25) is 0 Å². The number of halogens is 1. The average Bonchev–Trinajstić information content (AvgIpc) is 2.03. The highest BCUT2D eigenvalue weighted by Crippen LogP contribution is 2.31. The molecule has 0 radical (unpaired) electrons. The molecular weight excluding hydrogens is 159 g/mol. The second-order valence-electron chi connectivity index (χ2n) is 2.41. The van der Waals surface area contributed by atoms with Crippen molar-refractivity contribution < 1.29 is 9.13 Å². The molecule has 1 aromatic carbocycles. The summed E-state index contributed by atoms with van der Waals surface area (Å²) in [5.74, 6) is -0.232. The van der Waals surface area contributed by atoms with Gasteiger partial charge in [0.25, 0.3) is 0 Å². The molecule has 1 N–H and O–H groups in total. The molecule has 3 nitrogen and oxygen atoms in total. The fraction of sp³-hybridized carbons (Fsp3) is 0.250. The third-order valence-corrected chi connectivity index (χ3v) is 1.50. The van der Waals surface area contributed by atoms with E-state index in [1.54, 1.807) is 13.0 Å². The molecule has 64 valence electrons. The molecule has 0 unspecified atom stereocenters. The van der Waals surface area contributed by atoms with Crippen molar-refractivity contribution in [2.75, 3.05) is 7.11 Å². The van der Waals surface area contributed by atoms with E-state index < -0.39 is 5.82 Å². The number of rotatable bonds is 2. The lowest BCUT2D eigenvalue weighted by molar-refractivity contribution is 0.412. The summed E-state index contributed by atoms with van der Waals surface area (Å²) in [6, 6.07) is 2.95. The van der Waals surface area contributed by atoms with Crippen molar-refractivity contribution in [3.05, 3.63) is 23.5 Å².